The molecule has 7 nitrogen and oxygen atoms in total. The first-order valence-electron chi connectivity index (χ1n) is 11.2. The van der Waals surface area contributed by atoms with Crippen molar-refractivity contribution in [3.8, 4) is 11.5 Å². The minimum Gasteiger partial charge on any atom is -0.494 e. The fraction of sp³-hybridized carbons (Fsp3) is 0.269. The molecule has 0 radical (unpaired) electrons. The van der Waals surface area contributed by atoms with E-state index in [0.29, 0.717) is 23.8 Å². The van der Waals surface area contributed by atoms with Crippen molar-refractivity contribution in [1.29, 1.82) is 0 Å². The van der Waals surface area contributed by atoms with E-state index in [9.17, 15) is 13.2 Å². The fourth-order valence-corrected chi connectivity index (χ4v) is 4.34. The molecule has 0 fully saturated rings. The van der Waals surface area contributed by atoms with E-state index in [1.807, 2.05) is 32.0 Å². The topological polar surface area (TPSA) is 93.7 Å². The first-order chi connectivity index (χ1) is 16.4. The van der Waals surface area contributed by atoms with Gasteiger partial charge >= 0.3 is 0 Å². The van der Waals surface area contributed by atoms with Crippen molar-refractivity contribution in [3.63, 3.8) is 0 Å². The van der Waals surface area contributed by atoms with Crippen LogP contribution >= 0.6 is 0 Å². The second-order valence-corrected chi connectivity index (χ2v) is 9.50. The number of rotatable bonds is 12. The number of carbonyl (C=O) groups excluding carboxylic acids is 1. The van der Waals surface area contributed by atoms with Gasteiger partial charge in [0.15, 0.2) is 6.61 Å². The monoisotopic (exact) mass is 482 g/mol. The number of anilines is 1. The Balaban J connectivity index is 1.46. The van der Waals surface area contributed by atoms with Crippen molar-refractivity contribution in [2.45, 2.75) is 37.6 Å². The summed E-state index contributed by atoms with van der Waals surface area (Å²) in [5, 5.41) is 2.92. The summed E-state index contributed by atoms with van der Waals surface area (Å²) in [7, 11) is -3.76. The molecular formula is C26H30N2O5S. The van der Waals surface area contributed by atoms with Gasteiger partial charge in [0.1, 0.15) is 11.5 Å². The first-order valence-corrected chi connectivity index (χ1v) is 12.7. The number of hydrogen-bond donors (Lipinski definition) is 2. The average Bonchev–Trinajstić information content (AvgIpc) is 2.84. The standard InChI is InChI=1S/C26H30N2O5S/c1-3-32-23-13-11-22(12-14-23)28-34(30,31)25-17-15-24(16-18-25)33-19-26(29)27-20(2)9-10-21-7-5-4-6-8-21/h4-8,11-18,20,28H,3,9-10,19H2,1-2H3,(H,27,29)/t20-/m1/s1. The van der Waals surface area contributed by atoms with Crippen molar-refractivity contribution < 1.29 is 22.7 Å². The first kappa shape index (κ1) is 25.1. The van der Waals surface area contributed by atoms with Crippen LogP contribution in [0.2, 0.25) is 0 Å². The number of aryl methyl sites for hydroxylation is 1. The van der Waals surface area contributed by atoms with Crippen LogP contribution in [0.25, 0.3) is 0 Å². The lowest BCUT2D eigenvalue weighted by Gasteiger charge is -2.14. The van der Waals surface area contributed by atoms with Gasteiger partial charge in [-0.05, 0) is 80.8 Å². The third-order valence-electron chi connectivity index (χ3n) is 5.04. The van der Waals surface area contributed by atoms with Crippen LogP contribution in [0.4, 0.5) is 5.69 Å². The zero-order valence-corrected chi connectivity index (χ0v) is 20.2. The van der Waals surface area contributed by atoms with E-state index in [0.717, 1.165) is 12.8 Å². The van der Waals surface area contributed by atoms with Crippen LogP contribution in [0, 0.1) is 0 Å². The Labute approximate surface area is 201 Å². The Kier molecular flexibility index (Phi) is 8.93. The molecule has 0 aromatic heterocycles. The Morgan fingerprint density at radius 3 is 2.15 bits per heavy atom. The number of nitrogens with one attached hydrogen (secondary N) is 2. The summed E-state index contributed by atoms with van der Waals surface area (Å²) < 4.78 is 38.7. The molecule has 2 N–H and O–H groups in total. The molecule has 0 aliphatic rings. The summed E-state index contributed by atoms with van der Waals surface area (Å²) >= 11 is 0. The van der Waals surface area contributed by atoms with Crippen molar-refractivity contribution in [1.82, 2.24) is 5.32 Å². The maximum absolute atomic E-state index is 12.6. The Hall–Kier alpha value is -3.52. The quantitative estimate of drug-likeness (QED) is 0.399. The van der Waals surface area contributed by atoms with Gasteiger partial charge in [-0.3, -0.25) is 9.52 Å². The molecule has 180 valence electrons. The average molecular weight is 483 g/mol. The maximum Gasteiger partial charge on any atom is 0.261 e. The summed E-state index contributed by atoms with van der Waals surface area (Å²) in [5.41, 5.74) is 1.66. The van der Waals surface area contributed by atoms with Crippen LogP contribution in [0.5, 0.6) is 11.5 Å². The molecule has 3 rings (SSSR count). The maximum atomic E-state index is 12.6. The third-order valence-corrected chi connectivity index (χ3v) is 6.43. The van der Waals surface area contributed by atoms with Gasteiger partial charge in [0, 0.05) is 11.7 Å². The second-order valence-electron chi connectivity index (χ2n) is 7.82. The number of sulfonamides is 1. The summed E-state index contributed by atoms with van der Waals surface area (Å²) in [6.07, 6.45) is 1.70. The highest BCUT2D eigenvalue weighted by atomic mass is 32.2. The summed E-state index contributed by atoms with van der Waals surface area (Å²) in [6.45, 7) is 4.22. The molecule has 3 aromatic rings. The van der Waals surface area contributed by atoms with E-state index >= 15 is 0 Å². The SMILES string of the molecule is CCOc1ccc(NS(=O)(=O)c2ccc(OCC(=O)N[C@H](C)CCc3ccccc3)cc2)cc1. The molecule has 0 heterocycles. The summed E-state index contributed by atoms with van der Waals surface area (Å²) in [4.78, 5) is 12.3. The predicted molar refractivity (Wildman–Crippen MR) is 133 cm³/mol. The molecule has 8 heteroatoms. The molecule has 0 saturated heterocycles. The molecule has 0 aliphatic carbocycles. The fourth-order valence-electron chi connectivity index (χ4n) is 3.28. The van der Waals surface area contributed by atoms with Gasteiger partial charge in [-0.25, -0.2) is 8.42 Å². The van der Waals surface area contributed by atoms with Gasteiger partial charge in [-0.1, -0.05) is 30.3 Å². The van der Waals surface area contributed by atoms with Gasteiger partial charge in [0.05, 0.1) is 11.5 Å². The normalized spacial score (nSPS) is 11.9. The van der Waals surface area contributed by atoms with Crippen LogP contribution in [-0.2, 0) is 21.2 Å². The molecule has 1 atom stereocenters. The highest BCUT2D eigenvalue weighted by Crippen LogP contribution is 2.21. The number of ether oxygens (including phenoxy) is 2. The molecule has 3 aromatic carbocycles. The Bertz CT molecular complexity index is 1150. The number of amides is 1. The van der Waals surface area contributed by atoms with Crippen molar-refractivity contribution in [3.05, 3.63) is 84.4 Å². The van der Waals surface area contributed by atoms with Crippen LogP contribution < -0.4 is 19.5 Å². The molecule has 34 heavy (non-hydrogen) atoms. The molecular weight excluding hydrogens is 452 g/mol. The number of carbonyl (C=O) groups is 1. The van der Waals surface area contributed by atoms with E-state index in [1.165, 1.54) is 29.8 Å². The highest BCUT2D eigenvalue weighted by Gasteiger charge is 2.15. The zero-order valence-electron chi connectivity index (χ0n) is 19.4. The van der Waals surface area contributed by atoms with Crippen molar-refractivity contribution >= 4 is 21.6 Å². The van der Waals surface area contributed by atoms with Gasteiger partial charge in [-0.15, -0.1) is 0 Å². The lowest BCUT2D eigenvalue weighted by atomic mass is 10.1. The van der Waals surface area contributed by atoms with Crippen LogP contribution in [0.3, 0.4) is 0 Å². The summed E-state index contributed by atoms with van der Waals surface area (Å²) in [6, 6.07) is 22.7. The number of benzene rings is 3. The van der Waals surface area contributed by atoms with Crippen molar-refractivity contribution in [2.75, 3.05) is 17.9 Å². The lowest BCUT2D eigenvalue weighted by Crippen LogP contribution is -2.36. The van der Waals surface area contributed by atoms with Gasteiger partial charge in [0.2, 0.25) is 0 Å². The van der Waals surface area contributed by atoms with Gasteiger partial charge in [-0.2, -0.15) is 0 Å². The molecule has 0 aliphatic heterocycles. The van der Waals surface area contributed by atoms with Crippen LogP contribution in [-0.4, -0.2) is 33.6 Å². The lowest BCUT2D eigenvalue weighted by molar-refractivity contribution is -0.123. The highest BCUT2D eigenvalue weighted by molar-refractivity contribution is 7.92. The molecule has 0 saturated carbocycles. The van der Waals surface area contributed by atoms with E-state index in [1.54, 1.807) is 24.3 Å². The van der Waals surface area contributed by atoms with Crippen LogP contribution in [0.15, 0.2) is 83.8 Å². The minimum atomic E-state index is -3.76. The Morgan fingerprint density at radius 1 is 0.882 bits per heavy atom. The van der Waals surface area contributed by atoms with E-state index in [4.69, 9.17) is 9.47 Å². The van der Waals surface area contributed by atoms with Crippen molar-refractivity contribution in [2.24, 2.45) is 0 Å². The smallest absolute Gasteiger partial charge is 0.261 e. The summed E-state index contributed by atoms with van der Waals surface area (Å²) in [5.74, 6) is 0.850. The molecule has 0 spiro atoms. The minimum absolute atomic E-state index is 0.0116. The molecule has 0 bridgehead atoms. The second kappa shape index (κ2) is 12.1. The Morgan fingerprint density at radius 2 is 1.50 bits per heavy atom. The predicted octanol–water partition coefficient (Wildman–Crippen LogP) is 4.40. The van der Waals surface area contributed by atoms with E-state index < -0.39 is 10.0 Å². The van der Waals surface area contributed by atoms with E-state index in [-0.39, 0.29) is 23.5 Å². The zero-order chi connectivity index (χ0) is 24.4. The van der Waals surface area contributed by atoms with E-state index in [2.05, 4.69) is 22.2 Å². The largest absolute Gasteiger partial charge is 0.494 e. The molecule has 1 amide bonds. The van der Waals surface area contributed by atoms with Gasteiger partial charge in [0.25, 0.3) is 15.9 Å². The number of hydrogen-bond acceptors (Lipinski definition) is 5. The third kappa shape index (κ3) is 7.81. The molecule has 0 unspecified atom stereocenters. The van der Waals surface area contributed by atoms with Crippen LogP contribution in [0.1, 0.15) is 25.8 Å². The van der Waals surface area contributed by atoms with Gasteiger partial charge < -0.3 is 14.8 Å².